The molecule has 0 spiro atoms. The number of hydrogen-bond donors (Lipinski definition) is 0. The maximum atomic E-state index is 11.0. The van der Waals surface area contributed by atoms with E-state index in [0.717, 1.165) is 23.4 Å². The molecule has 2 rings (SSSR count). The van der Waals surface area contributed by atoms with Crippen molar-refractivity contribution in [2.24, 2.45) is 4.99 Å². The number of aliphatic imine (C=N–C) groups is 1. The highest BCUT2D eigenvalue weighted by Crippen LogP contribution is 2.19. The van der Waals surface area contributed by atoms with Gasteiger partial charge >= 0.3 is 0 Å². The van der Waals surface area contributed by atoms with E-state index in [1.165, 1.54) is 6.21 Å². The molecule has 1 aromatic heterocycles. The third kappa shape index (κ3) is 3.28. The quantitative estimate of drug-likeness (QED) is 0.611. The van der Waals surface area contributed by atoms with Crippen LogP contribution in [0.5, 0.6) is 5.75 Å². The van der Waals surface area contributed by atoms with Crippen LogP contribution in [0, 0.1) is 6.92 Å². The van der Waals surface area contributed by atoms with Gasteiger partial charge in [-0.1, -0.05) is 5.16 Å². The minimum Gasteiger partial charge on any atom is -0.497 e. The van der Waals surface area contributed by atoms with Crippen LogP contribution in [0.4, 0.5) is 5.69 Å². The molecule has 1 unspecified atom stereocenters. The molecule has 0 saturated carbocycles. The standard InChI is InChI=1S/C14H14N2O3/c1-10-7-14(19-16-10)11(9-17)8-15-12-3-5-13(18-2)6-4-12/h3-9,11H,1-2H3. The summed E-state index contributed by atoms with van der Waals surface area (Å²) in [6.07, 6.45) is 2.31. The highest BCUT2D eigenvalue weighted by Gasteiger charge is 2.12. The van der Waals surface area contributed by atoms with Crippen LogP contribution in [-0.2, 0) is 4.79 Å². The summed E-state index contributed by atoms with van der Waals surface area (Å²) in [5, 5.41) is 3.75. The number of benzene rings is 1. The van der Waals surface area contributed by atoms with Gasteiger partial charge in [-0.05, 0) is 31.2 Å². The van der Waals surface area contributed by atoms with Crippen LogP contribution in [0.15, 0.2) is 39.8 Å². The van der Waals surface area contributed by atoms with Gasteiger partial charge in [-0.3, -0.25) is 4.99 Å². The Morgan fingerprint density at radius 3 is 2.63 bits per heavy atom. The lowest BCUT2D eigenvalue weighted by molar-refractivity contribution is -0.108. The summed E-state index contributed by atoms with van der Waals surface area (Å²) in [7, 11) is 1.60. The zero-order valence-electron chi connectivity index (χ0n) is 10.7. The second-order valence-electron chi connectivity index (χ2n) is 4.01. The predicted octanol–water partition coefficient (Wildman–Crippen LogP) is 2.68. The summed E-state index contributed by atoms with van der Waals surface area (Å²) >= 11 is 0. The molecule has 0 saturated heterocycles. The molecule has 0 amide bonds. The largest absolute Gasteiger partial charge is 0.497 e. The second-order valence-corrected chi connectivity index (χ2v) is 4.01. The summed E-state index contributed by atoms with van der Waals surface area (Å²) in [5.74, 6) is 0.727. The predicted molar refractivity (Wildman–Crippen MR) is 71.2 cm³/mol. The minimum atomic E-state index is -0.525. The first kappa shape index (κ1) is 13.0. The molecule has 0 bridgehead atoms. The third-order valence-electron chi connectivity index (χ3n) is 2.58. The second kappa shape index (κ2) is 5.95. The molecule has 0 N–H and O–H groups in total. The Balaban J connectivity index is 2.12. The molecule has 5 nitrogen and oxygen atoms in total. The molecule has 2 aromatic rings. The van der Waals surface area contributed by atoms with Crippen LogP contribution < -0.4 is 4.74 Å². The van der Waals surface area contributed by atoms with Crippen LogP contribution in [-0.4, -0.2) is 24.8 Å². The molecule has 5 heteroatoms. The molecule has 1 heterocycles. The van der Waals surface area contributed by atoms with Crippen LogP contribution in [0.3, 0.4) is 0 Å². The van der Waals surface area contributed by atoms with Crippen LogP contribution in [0.25, 0.3) is 0 Å². The number of aryl methyl sites for hydroxylation is 1. The molecule has 1 aromatic carbocycles. The smallest absolute Gasteiger partial charge is 0.152 e. The van der Waals surface area contributed by atoms with Crippen LogP contribution in [0.1, 0.15) is 17.4 Å². The van der Waals surface area contributed by atoms with Crippen LogP contribution >= 0.6 is 0 Å². The first-order valence-corrected chi connectivity index (χ1v) is 5.79. The lowest BCUT2D eigenvalue weighted by Gasteiger charge is -2.00. The van der Waals surface area contributed by atoms with Gasteiger partial charge in [0.2, 0.25) is 0 Å². The maximum Gasteiger partial charge on any atom is 0.152 e. The molecular weight excluding hydrogens is 244 g/mol. The highest BCUT2D eigenvalue weighted by molar-refractivity contribution is 5.88. The molecule has 98 valence electrons. The van der Waals surface area contributed by atoms with Gasteiger partial charge in [0.25, 0.3) is 0 Å². The normalized spacial score (nSPS) is 12.5. The Hall–Kier alpha value is -2.43. The molecule has 19 heavy (non-hydrogen) atoms. The van der Waals surface area contributed by atoms with Crippen molar-refractivity contribution in [1.29, 1.82) is 0 Å². The number of ether oxygens (including phenoxy) is 1. The topological polar surface area (TPSA) is 64.7 Å². The molecule has 0 fully saturated rings. The van der Waals surface area contributed by atoms with Crippen molar-refractivity contribution in [3.05, 3.63) is 41.8 Å². The van der Waals surface area contributed by atoms with E-state index in [9.17, 15) is 4.79 Å². The molecule has 0 radical (unpaired) electrons. The van der Waals surface area contributed by atoms with E-state index < -0.39 is 5.92 Å². The molecule has 1 atom stereocenters. The van der Waals surface area contributed by atoms with E-state index in [-0.39, 0.29) is 0 Å². The lowest BCUT2D eigenvalue weighted by atomic mass is 10.1. The van der Waals surface area contributed by atoms with E-state index in [1.807, 2.05) is 12.1 Å². The summed E-state index contributed by atoms with van der Waals surface area (Å²) in [6.45, 7) is 1.80. The zero-order valence-corrected chi connectivity index (χ0v) is 10.7. The first-order valence-electron chi connectivity index (χ1n) is 5.79. The van der Waals surface area contributed by atoms with Crippen molar-refractivity contribution in [2.45, 2.75) is 12.8 Å². The van der Waals surface area contributed by atoms with Crippen LogP contribution in [0.2, 0.25) is 0 Å². The van der Waals surface area contributed by atoms with Gasteiger partial charge in [-0.2, -0.15) is 0 Å². The SMILES string of the molecule is COc1ccc(N=CC(C=O)c2cc(C)no2)cc1. The van der Waals surface area contributed by atoms with Crippen molar-refractivity contribution in [3.63, 3.8) is 0 Å². The zero-order chi connectivity index (χ0) is 13.7. The van der Waals surface area contributed by atoms with E-state index in [4.69, 9.17) is 9.26 Å². The Kier molecular flexibility index (Phi) is 4.07. The van der Waals surface area contributed by atoms with Crippen molar-refractivity contribution in [1.82, 2.24) is 5.16 Å². The Morgan fingerprint density at radius 2 is 2.11 bits per heavy atom. The number of nitrogens with zero attached hydrogens (tertiary/aromatic N) is 2. The van der Waals surface area contributed by atoms with E-state index in [1.54, 1.807) is 32.2 Å². The monoisotopic (exact) mass is 258 g/mol. The highest BCUT2D eigenvalue weighted by atomic mass is 16.5. The fourth-order valence-corrected chi connectivity index (χ4v) is 1.55. The number of aldehydes is 1. The molecule has 0 aliphatic heterocycles. The third-order valence-corrected chi connectivity index (χ3v) is 2.58. The summed E-state index contributed by atoms with van der Waals surface area (Å²) in [5.41, 5.74) is 1.48. The van der Waals surface area contributed by atoms with Gasteiger partial charge in [0.1, 0.15) is 18.0 Å². The molecular formula is C14H14N2O3. The summed E-state index contributed by atoms with van der Waals surface area (Å²) in [6, 6.07) is 8.95. The summed E-state index contributed by atoms with van der Waals surface area (Å²) < 4.78 is 10.1. The van der Waals surface area contributed by atoms with E-state index >= 15 is 0 Å². The Bertz CT molecular complexity index is 573. The lowest BCUT2D eigenvalue weighted by Crippen LogP contribution is -1.99. The average molecular weight is 258 g/mol. The van der Waals surface area contributed by atoms with Gasteiger partial charge in [0.05, 0.1) is 18.5 Å². The Morgan fingerprint density at radius 1 is 1.37 bits per heavy atom. The van der Waals surface area contributed by atoms with Crippen molar-refractivity contribution in [2.75, 3.05) is 7.11 Å². The van der Waals surface area contributed by atoms with Gasteiger partial charge in [-0.15, -0.1) is 0 Å². The number of rotatable bonds is 5. The Labute approximate surface area is 110 Å². The van der Waals surface area contributed by atoms with Gasteiger partial charge < -0.3 is 14.1 Å². The first-order chi connectivity index (χ1) is 9.22. The van der Waals surface area contributed by atoms with E-state index in [0.29, 0.717) is 5.76 Å². The van der Waals surface area contributed by atoms with E-state index in [2.05, 4.69) is 10.1 Å². The fraction of sp³-hybridized carbons (Fsp3) is 0.214. The fourth-order valence-electron chi connectivity index (χ4n) is 1.55. The van der Waals surface area contributed by atoms with Crippen molar-refractivity contribution in [3.8, 4) is 5.75 Å². The number of carbonyl (C=O) groups excluding carboxylic acids is 1. The van der Waals surface area contributed by atoms with Gasteiger partial charge in [0.15, 0.2) is 5.76 Å². The van der Waals surface area contributed by atoms with Crippen molar-refractivity contribution >= 4 is 18.2 Å². The maximum absolute atomic E-state index is 11.0. The van der Waals surface area contributed by atoms with Gasteiger partial charge in [0, 0.05) is 12.3 Å². The minimum absolute atomic E-state index is 0.491. The number of aromatic nitrogens is 1. The number of hydrogen-bond acceptors (Lipinski definition) is 5. The van der Waals surface area contributed by atoms with Gasteiger partial charge in [-0.25, -0.2) is 0 Å². The van der Waals surface area contributed by atoms with Crippen molar-refractivity contribution < 1.29 is 14.1 Å². The number of carbonyl (C=O) groups is 1. The molecule has 0 aliphatic rings. The number of methoxy groups -OCH3 is 1. The average Bonchev–Trinajstić information content (AvgIpc) is 2.87. The molecule has 0 aliphatic carbocycles. The summed E-state index contributed by atoms with van der Waals surface area (Å²) in [4.78, 5) is 15.3.